The van der Waals surface area contributed by atoms with Crippen molar-refractivity contribution in [2.75, 3.05) is 0 Å². The standard InChI is InChI=1S/C7H12O2/c1-6(8)9-7-4-2-3-5-7/h4,6,8H,2-3,5H2,1H3. The third-order valence-corrected chi connectivity index (χ3v) is 1.32. The maximum Gasteiger partial charge on any atom is 0.193 e. The first-order valence-electron chi connectivity index (χ1n) is 3.33. The molecule has 0 saturated carbocycles. The maximum atomic E-state index is 8.75. The van der Waals surface area contributed by atoms with Crippen LogP contribution in [0.4, 0.5) is 0 Å². The molecule has 0 saturated heterocycles. The van der Waals surface area contributed by atoms with E-state index in [1.54, 1.807) is 6.92 Å². The van der Waals surface area contributed by atoms with E-state index in [-0.39, 0.29) is 0 Å². The number of hydrogen-bond acceptors (Lipinski definition) is 2. The molecule has 1 rings (SSSR count). The summed E-state index contributed by atoms with van der Waals surface area (Å²) in [6.07, 6.45) is 4.65. The van der Waals surface area contributed by atoms with Gasteiger partial charge < -0.3 is 9.84 Å². The molecule has 0 aromatic rings. The van der Waals surface area contributed by atoms with Gasteiger partial charge in [0.2, 0.25) is 0 Å². The van der Waals surface area contributed by atoms with Crippen molar-refractivity contribution in [3.05, 3.63) is 11.8 Å². The van der Waals surface area contributed by atoms with Gasteiger partial charge in [-0.15, -0.1) is 0 Å². The quantitative estimate of drug-likeness (QED) is 0.570. The Morgan fingerprint density at radius 1 is 1.78 bits per heavy atom. The summed E-state index contributed by atoms with van der Waals surface area (Å²) in [4.78, 5) is 0. The molecule has 0 amide bonds. The molecule has 0 spiro atoms. The predicted octanol–water partition coefficient (Wildman–Crippen LogP) is 1.41. The fourth-order valence-electron chi connectivity index (χ4n) is 0.968. The van der Waals surface area contributed by atoms with E-state index < -0.39 is 6.29 Å². The first-order chi connectivity index (χ1) is 4.29. The summed E-state index contributed by atoms with van der Waals surface area (Å²) in [5, 5.41) is 8.75. The van der Waals surface area contributed by atoms with E-state index in [1.807, 2.05) is 6.08 Å². The van der Waals surface area contributed by atoms with Crippen LogP contribution in [-0.2, 0) is 4.74 Å². The lowest BCUT2D eigenvalue weighted by molar-refractivity contribution is -0.0511. The third-order valence-electron chi connectivity index (χ3n) is 1.32. The summed E-state index contributed by atoms with van der Waals surface area (Å²) in [6, 6.07) is 0. The van der Waals surface area contributed by atoms with Crippen molar-refractivity contribution in [1.29, 1.82) is 0 Å². The summed E-state index contributed by atoms with van der Waals surface area (Å²) >= 11 is 0. The van der Waals surface area contributed by atoms with Gasteiger partial charge in [-0.1, -0.05) is 0 Å². The number of ether oxygens (including phenoxy) is 1. The largest absolute Gasteiger partial charge is 0.470 e. The van der Waals surface area contributed by atoms with E-state index in [9.17, 15) is 0 Å². The van der Waals surface area contributed by atoms with Crippen LogP contribution in [0, 0.1) is 0 Å². The second-order valence-electron chi connectivity index (χ2n) is 2.28. The van der Waals surface area contributed by atoms with Crippen molar-refractivity contribution >= 4 is 0 Å². The topological polar surface area (TPSA) is 29.5 Å². The van der Waals surface area contributed by atoms with E-state index in [4.69, 9.17) is 9.84 Å². The molecule has 0 heterocycles. The van der Waals surface area contributed by atoms with Gasteiger partial charge in [0, 0.05) is 6.42 Å². The van der Waals surface area contributed by atoms with Crippen LogP contribution in [0.1, 0.15) is 26.2 Å². The number of aliphatic hydroxyl groups is 1. The van der Waals surface area contributed by atoms with Crippen LogP contribution in [0.3, 0.4) is 0 Å². The molecular formula is C7H12O2. The van der Waals surface area contributed by atoms with Gasteiger partial charge in [-0.3, -0.25) is 0 Å². The van der Waals surface area contributed by atoms with Crippen LogP contribution in [-0.4, -0.2) is 11.4 Å². The van der Waals surface area contributed by atoms with Crippen molar-refractivity contribution in [3.8, 4) is 0 Å². The second kappa shape index (κ2) is 2.87. The van der Waals surface area contributed by atoms with E-state index in [1.165, 1.54) is 6.42 Å². The fraction of sp³-hybridized carbons (Fsp3) is 0.714. The van der Waals surface area contributed by atoms with Crippen molar-refractivity contribution in [2.24, 2.45) is 0 Å². The van der Waals surface area contributed by atoms with E-state index >= 15 is 0 Å². The van der Waals surface area contributed by atoms with Gasteiger partial charge in [-0.2, -0.15) is 0 Å². The van der Waals surface area contributed by atoms with Gasteiger partial charge >= 0.3 is 0 Å². The Balaban J connectivity index is 2.26. The highest BCUT2D eigenvalue weighted by molar-refractivity contribution is 4.99. The highest BCUT2D eigenvalue weighted by Gasteiger charge is 2.06. The molecule has 9 heavy (non-hydrogen) atoms. The van der Waals surface area contributed by atoms with Crippen LogP contribution in [0.2, 0.25) is 0 Å². The minimum atomic E-state index is -0.644. The first-order valence-corrected chi connectivity index (χ1v) is 3.33. The highest BCUT2D eigenvalue weighted by atomic mass is 16.6. The van der Waals surface area contributed by atoms with Crippen LogP contribution in [0.25, 0.3) is 0 Å². The Morgan fingerprint density at radius 3 is 3.00 bits per heavy atom. The Labute approximate surface area is 55.1 Å². The Hall–Kier alpha value is -0.500. The lowest BCUT2D eigenvalue weighted by Crippen LogP contribution is -2.04. The number of aliphatic hydroxyl groups excluding tert-OH is 1. The molecule has 1 atom stereocenters. The van der Waals surface area contributed by atoms with Gasteiger partial charge in [0.25, 0.3) is 0 Å². The monoisotopic (exact) mass is 128 g/mol. The molecule has 1 aliphatic carbocycles. The first kappa shape index (κ1) is 6.62. The van der Waals surface area contributed by atoms with Gasteiger partial charge in [-0.25, -0.2) is 0 Å². The summed E-state index contributed by atoms with van der Waals surface area (Å²) < 4.78 is 5.03. The molecule has 0 fully saturated rings. The molecule has 2 heteroatoms. The molecule has 0 radical (unpaired) electrons. The minimum Gasteiger partial charge on any atom is -0.470 e. The predicted molar refractivity (Wildman–Crippen MR) is 34.7 cm³/mol. The molecule has 1 N–H and O–H groups in total. The zero-order chi connectivity index (χ0) is 6.69. The normalized spacial score (nSPS) is 21.3. The Morgan fingerprint density at radius 2 is 2.56 bits per heavy atom. The van der Waals surface area contributed by atoms with Crippen molar-refractivity contribution in [2.45, 2.75) is 32.5 Å². The maximum absolute atomic E-state index is 8.75. The fourth-order valence-corrected chi connectivity index (χ4v) is 0.968. The minimum absolute atomic E-state index is 0.644. The zero-order valence-corrected chi connectivity index (χ0v) is 5.63. The van der Waals surface area contributed by atoms with E-state index in [0.29, 0.717) is 0 Å². The van der Waals surface area contributed by atoms with Gasteiger partial charge in [0.1, 0.15) is 0 Å². The van der Waals surface area contributed by atoms with Gasteiger partial charge in [0.15, 0.2) is 6.29 Å². The molecule has 2 nitrogen and oxygen atoms in total. The number of rotatable bonds is 2. The summed E-state index contributed by atoms with van der Waals surface area (Å²) in [7, 11) is 0. The van der Waals surface area contributed by atoms with E-state index in [2.05, 4.69) is 0 Å². The molecule has 0 aliphatic heterocycles. The number of allylic oxidation sites excluding steroid dienone is 2. The molecule has 0 aromatic heterocycles. The zero-order valence-electron chi connectivity index (χ0n) is 5.63. The average molecular weight is 128 g/mol. The molecule has 0 aromatic carbocycles. The molecule has 52 valence electrons. The lowest BCUT2D eigenvalue weighted by atomic mass is 10.4. The second-order valence-corrected chi connectivity index (χ2v) is 2.28. The SMILES string of the molecule is CC(O)OC1=CCCC1. The Kier molecular flexibility index (Phi) is 2.11. The van der Waals surface area contributed by atoms with Crippen molar-refractivity contribution in [3.63, 3.8) is 0 Å². The average Bonchev–Trinajstić information content (AvgIpc) is 2.15. The summed E-state index contributed by atoms with van der Waals surface area (Å²) in [5.41, 5.74) is 0. The Bertz CT molecular complexity index is 116. The summed E-state index contributed by atoms with van der Waals surface area (Å²) in [6.45, 7) is 1.62. The molecular weight excluding hydrogens is 116 g/mol. The van der Waals surface area contributed by atoms with Gasteiger partial charge in [-0.05, 0) is 25.8 Å². The van der Waals surface area contributed by atoms with Crippen LogP contribution < -0.4 is 0 Å². The van der Waals surface area contributed by atoms with Crippen LogP contribution in [0.5, 0.6) is 0 Å². The number of hydrogen-bond donors (Lipinski definition) is 1. The molecule has 1 aliphatic rings. The smallest absolute Gasteiger partial charge is 0.193 e. The van der Waals surface area contributed by atoms with Crippen molar-refractivity contribution in [1.82, 2.24) is 0 Å². The molecule has 0 bridgehead atoms. The van der Waals surface area contributed by atoms with Crippen LogP contribution in [0.15, 0.2) is 11.8 Å². The van der Waals surface area contributed by atoms with Gasteiger partial charge in [0.05, 0.1) is 5.76 Å². The highest BCUT2D eigenvalue weighted by Crippen LogP contribution is 2.18. The molecule has 1 unspecified atom stereocenters. The lowest BCUT2D eigenvalue weighted by Gasteiger charge is -2.07. The van der Waals surface area contributed by atoms with Crippen LogP contribution >= 0.6 is 0 Å². The summed E-state index contributed by atoms with van der Waals surface area (Å²) in [5.74, 6) is 0.949. The third kappa shape index (κ3) is 2.06. The van der Waals surface area contributed by atoms with E-state index in [0.717, 1.165) is 18.6 Å². The van der Waals surface area contributed by atoms with Crippen molar-refractivity contribution < 1.29 is 9.84 Å².